The number of alkyl halides is 9. The normalized spacial score (nSPS) is 13.6. The van der Waals surface area contributed by atoms with Gasteiger partial charge in [-0.05, 0) is 18.2 Å². The molecule has 1 aromatic carbocycles. The van der Waals surface area contributed by atoms with E-state index in [4.69, 9.17) is 23.2 Å². The molecule has 3 nitrogen and oxygen atoms in total. The predicted octanol–water partition coefficient (Wildman–Crippen LogP) is 5.54. The number of urea groups is 1. The van der Waals surface area contributed by atoms with Crippen LogP contribution in [0.5, 0.6) is 0 Å². The maximum atomic E-state index is 12.7. The number of anilines is 1. The first kappa shape index (κ1) is 21.5. The van der Waals surface area contributed by atoms with Crippen molar-refractivity contribution in [1.29, 1.82) is 0 Å². The first-order valence-electron chi connectivity index (χ1n) is 5.77. The molecule has 1 aromatic rings. The largest absolute Gasteiger partial charge is 0.429 e. The van der Waals surface area contributed by atoms with Gasteiger partial charge >= 0.3 is 30.1 Å². The van der Waals surface area contributed by atoms with E-state index in [0.717, 1.165) is 18.2 Å². The minimum atomic E-state index is -6.93. The van der Waals surface area contributed by atoms with Gasteiger partial charge in [-0.25, -0.2) is 4.79 Å². The summed E-state index contributed by atoms with van der Waals surface area (Å²) in [6, 6.07) is 0.513. The molecule has 0 aliphatic carbocycles. The molecule has 0 spiro atoms. The van der Waals surface area contributed by atoms with Crippen LogP contribution in [0.1, 0.15) is 0 Å². The fraction of sp³-hybridized carbons (Fsp3) is 0.364. The number of nitrogens with one attached hydrogen (secondary N) is 2. The monoisotopic (exact) mass is 422 g/mol. The molecular weight excluding hydrogens is 418 g/mol. The van der Waals surface area contributed by atoms with Crippen LogP contribution in [0.15, 0.2) is 18.2 Å². The van der Waals surface area contributed by atoms with Crippen LogP contribution < -0.4 is 10.6 Å². The lowest BCUT2D eigenvalue weighted by Crippen LogP contribution is -2.75. The Bertz CT molecular complexity index is 618. The summed E-state index contributed by atoms with van der Waals surface area (Å²) in [5, 5.41) is 0.738. The maximum Gasteiger partial charge on any atom is 0.429 e. The van der Waals surface area contributed by atoms with Gasteiger partial charge in [-0.1, -0.05) is 23.2 Å². The van der Waals surface area contributed by atoms with Crippen molar-refractivity contribution in [3.05, 3.63) is 28.2 Å². The molecule has 0 radical (unpaired) electrons. The van der Waals surface area contributed by atoms with Gasteiger partial charge < -0.3 is 10.6 Å². The number of carbonyl (C=O) groups excluding carboxylic acids is 1. The highest BCUT2D eigenvalue weighted by Crippen LogP contribution is 2.52. The van der Waals surface area contributed by atoms with Gasteiger partial charge in [-0.2, -0.15) is 39.5 Å². The van der Waals surface area contributed by atoms with Crippen molar-refractivity contribution in [2.75, 3.05) is 5.32 Å². The van der Waals surface area contributed by atoms with Crippen LogP contribution in [0.2, 0.25) is 10.0 Å². The predicted molar refractivity (Wildman–Crippen MR) is 69.5 cm³/mol. The molecule has 0 aliphatic rings. The van der Waals surface area contributed by atoms with E-state index in [1.54, 1.807) is 0 Å². The molecule has 142 valence electrons. The van der Waals surface area contributed by atoms with Crippen molar-refractivity contribution in [3.63, 3.8) is 0 Å². The molecule has 0 aliphatic heterocycles. The van der Waals surface area contributed by atoms with Crippen molar-refractivity contribution in [2.45, 2.75) is 24.1 Å². The molecule has 1 rings (SSSR count). The zero-order valence-corrected chi connectivity index (χ0v) is 12.8. The standard InChI is InChI=1S/C11H5Cl2F9N2O/c12-4-1-2-5(13)6(3-4)23-7(25)24-8(9(14,15)16,10(17,18)19)11(20,21)22/h1-3H,(H2,23,24,25). The molecule has 2 N–H and O–H groups in total. The van der Waals surface area contributed by atoms with E-state index < -0.39 is 40.8 Å². The molecule has 2 amide bonds. The van der Waals surface area contributed by atoms with Crippen LogP contribution in [0.25, 0.3) is 0 Å². The molecule has 0 saturated carbocycles. The second kappa shape index (κ2) is 6.63. The maximum absolute atomic E-state index is 12.7. The number of rotatable bonds is 2. The van der Waals surface area contributed by atoms with Crippen molar-refractivity contribution in [2.24, 2.45) is 0 Å². The summed E-state index contributed by atoms with van der Waals surface area (Å²) in [5.41, 5.74) is -7.09. The average Bonchev–Trinajstić information content (AvgIpc) is 2.35. The molecule has 0 atom stereocenters. The van der Waals surface area contributed by atoms with E-state index in [0.29, 0.717) is 0 Å². The summed E-state index contributed by atoms with van der Waals surface area (Å²) in [7, 11) is 0. The van der Waals surface area contributed by atoms with Gasteiger partial charge in [0.05, 0.1) is 10.7 Å². The average molecular weight is 423 g/mol. The molecule has 0 saturated heterocycles. The Kier molecular flexibility index (Phi) is 5.70. The lowest BCUT2D eigenvalue weighted by atomic mass is 9.97. The summed E-state index contributed by atoms with van der Waals surface area (Å²) >= 11 is 11.0. The summed E-state index contributed by atoms with van der Waals surface area (Å²) in [4.78, 5) is 11.4. The smallest absolute Gasteiger partial charge is 0.308 e. The van der Waals surface area contributed by atoms with Crippen molar-refractivity contribution < 1.29 is 44.3 Å². The summed E-state index contributed by atoms with van der Waals surface area (Å²) in [6.07, 6.45) is -20.8. The van der Waals surface area contributed by atoms with Crippen LogP contribution in [-0.2, 0) is 0 Å². The molecule has 25 heavy (non-hydrogen) atoms. The Morgan fingerprint density at radius 1 is 0.840 bits per heavy atom. The number of hydrogen-bond donors (Lipinski definition) is 2. The quantitative estimate of drug-likeness (QED) is 0.603. The van der Waals surface area contributed by atoms with Gasteiger partial charge in [0.2, 0.25) is 0 Å². The van der Waals surface area contributed by atoms with Gasteiger partial charge in [-0.3, -0.25) is 0 Å². The number of amides is 2. The van der Waals surface area contributed by atoms with Gasteiger partial charge in [0.15, 0.2) is 0 Å². The van der Waals surface area contributed by atoms with Crippen LogP contribution in [0.4, 0.5) is 50.0 Å². The minimum absolute atomic E-state index is 0.0812. The zero-order chi connectivity index (χ0) is 19.8. The number of benzene rings is 1. The third-order valence-corrected chi connectivity index (χ3v) is 3.32. The first-order valence-corrected chi connectivity index (χ1v) is 6.53. The zero-order valence-electron chi connectivity index (χ0n) is 11.3. The number of carbonyl (C=O) groups is 1. The highest BCUT2D eigenvalue weighted by molar-refractivity contribution is 6.35. The second-order valence-electron chi connectivity index (χ2n) is 4.45. The SMILES string of the molecule is O=C(Nc1cc(Cl)ccc1Cl)NC(C(F)(F)F)(C(F)(F)F)C(F)(F)F. The van der Waals surface area contributed by atoms with Crippen LogP contribution >= 0.6 is 23.2 Å². The topological polar surface area (TPSA) is 41.1 Å². The Morgan fingerprint density at radius 2 is 1.28 bits per heavy atom. The fourth-order valence-corrected chi connectivity index (χ4v) is 1.95. The number of hydrogen-bond acceptors (Lipinski definition) is 1. The first-order chi connectivity index (χ1) is 11.0. The van der Waals surface area contributed by atoms with Crippen LogP contribution in [-0.4, -0.2) is 30.1 Å². The van der Waals surface area contributed by atoms with E-state index in [2.05, 4.69) is 0 Å². The van der Waals surface area contributed by atoms with E-state index in [1.807, 2.05) is 0 Å². The molecule has 0 aromatic heterocycles. The molecule has 0 fully saturated rings. The van der Waals surface area contributed by atoms with Gasteiger partial charge in [0.25, 0.3) is 0 Å². The third kappa shape index (κ3) is 4.17. The Hall–Kier alpha value is -1.56. The van der Waals surface area contributed by atoms with Gasteiger partial charge in [0.1, 0.15) is 0 Å². The van der Waals surface area contributed by atoms with Gasteiger partial charge in [-0.15, -0.1) is 0 Å². The molecular formula is C11H5Cl2F9N2O. The van der Waals surface area contributed by atoms with Crippen molar-refractivity contribution >= 4 is 34.9 Å². The minimum Gasteiger partial charge on any atom is -0.308 e. The Morgan fingerprint density at radius 3 is 1.68 bits per heavy atom. The lowest BCUT2D eigenvalue weighted by Gasteiger charge is -2.38. The van der Waals surface area contributed by atoms with Crippen LogP contribution in [0, 0.1) is 0 Å². The summed E-state index contributed by atoms with van der Waals surface area (Å²) in [6.45, 7) is 0. The summed E-state index contributed by atoms with van der Waals surface area (Å²) < 4.78 is 114. The summed E-state index contributed by atoms with van der Waals surface area (Å²) in [5.74, 6) is 0. The molecule has 0 heterocycles. The van der Waals surface area contributed by atoms with E-state index in [9.17, 15) is 44.3 Å². The van der Waals surface area contributed by atoms with Crippen molar-refractivity contribution in [3.8, 4) is 0 Å². The molecule has 0 bridgehead atoms. The second-order valence-corrected chi connectivity index (χ2v) is 5.29. The fourth-order valence-electron chi connectivity index (χ4n) is 1.61. The van der Waals surface area contributed by atoms with Gasteiger partial charge in [0, 0.05) is 5.02 Å². The number of halogens is 11. The van der Waals surface area contributed by atoms with E-state index >= 15 is 0 Å². The Balaban J connectivity index is 3.31. The lowest BCUT2D eigenvalue weighted by molar-refractivity contribution is -0.386. The van der Waals surface area contributed by atoms with Crippen LogP contribution in [0.3, 0.4) is 0 Å². The molecule has 0 unspecified atom stereocenters. The van der Waals surface area contributed by atoms with E-state index in [-0.39, 0.29) is 10.3 Å². The highest BCUT2D eigenvalue weighted by Gasteiger charge is 2.84. The molecule has 14 heteroatoms. The third-order valence-electron chi connectivity index (χ3n) is 2.75. The highest BCUT2D eigenvalue weighted by atomic mass is 35.5. The van der Waals surface area contributed by atoms with E-state index in [1.165, 1.54) is 5.32 Å². The van der Waals surface area contributed by atoms with Crippen molar-refractivity contribution in [1.82, 2.24) is 5.32 Å². The Labute approximate surface area is 143 Å².